The van der Waals surface area contributed by atoms with Crippen LogP contribution in [0.4, 0.5) is 4.39 Å². The van der Waals surface area contributed by atoms with E-state index in [1.807, 2.05) is 6.92 Å². The van der Waals surface area contributed by atoms with E-state index in [0.29, 0.717) is 0 Å². The third-order valence-electron chi connectivity index (χ3n) is 2.38. The summed E-state index contributed by atoms with van der Waals surface area (Å²) in [6.45, 7) is 4.55. The van der Waals surface area contributed by atoms with Crippen molar-refractivity contribution in [3.05, 3.63) is 35.6 Å². The number of benzene rings is 1. The molecule has 3 heteroatoms. The largest absolute Gasteiger partial charge is 0.393 e. The van der Waals surface area contributed by atoms with E-state index in [2.05, 4.69) is 5.32 Å². The van der Waals surface area contributed by atoms with Gasteiger partial charge in [-0.3, -0.25) is 0 Å². The van der Waals surface area contributed by atoms with Gasteiger partial charge < -0.3 is 10.4 Å². The molecule has 0 aliphatic carbocycles. The summed E-state index contributed by atoms with van der Waals surface area (Å²) in [5.74, 6) is -0.213. The lowest BCUT2D eigenvalue weighted by molar-refractivity contribution is 0.182. The maximum Gasteiger partial charge on any atom is 0.123 e. The first-order valence-electron chi connectivity index (χ1n) is 5.26. The summed E-state index contributed by atoms with van der Waals surface area (Å²) >= 11 is 0. The number of nitrogens with one attached hydrogen (secondary N) is 1. The van der Waals surface area contributed by atoms with Gasteiger partial charge in [-0.1, -0.05) is 12.1 Å². The molecule has 0 spiro atoms. The highest BCUT2D eigenvalue weighted by atomic mass is 19.1. The maximum atomic E-state index is 12.7. The molecule has 0 aromatic heterocycles. The van der Waals surface area contributed by atoms with Crippen LogP contribution in [0, 0.1) is 5.82 Å². The molecule has 0 aliphatic heterocycles. The number of halogens is 1. The molecule has 1 aromatic carbocycles. The Kier molecular flexibility index (Phi) is 4.72. The highest BCUT2D eigenvalue weighted by Gasteiger charge is 2.04. The minimum Gasteiger partial charge on any atom is -0.393 e. The van der Waals surface area contributed by atoms with E-state index in [1.54, 1.807) is 19.1 Å². The van der Waals surface area contributed by atoms with Gasteiger partial charge in [-0.2, -0.15) is 0 Å². The predicted octanol–water partition coefficient (Wildman–Crippen LogP) is 2.25. The molecule has 0 saturated heterocycles. The fraction of sp³-hybridized carbons (Fsp3) is 0.500. The first kappa shape index (κ1) is 12.1. The van der Waals surface area contributed by atoms with E-state index in [4.69, 9.17) is 5.11 Å². The Morgan fingerprint density at radius 1 is 1.27 bits per heavy atom. The molecule has 1 aromatic rings. The third-order valence-corrected chi connectivity index (χ3v) is 2.38. The van der Waals surface area contributed by atoms with Gasteiger partial charge >= 0.3 is 0 Å². The molecular weight excluding hydrogens is 193 g/mol. The second kappa shape index (κ2) is 5.83. The Bertz CT molecular complexity index is 284. The van der Waals surface area contributed by atoms with Crippen molar-refractivity contribution in [1.82, 2.24) is 5.32 Å². The fourth-order valence-electron chi connectivity index (χ4n) is 1.38. The molecular formula is C12H18FNO. The molecule has 0 unspecified atom stereocenters. The Morgan fingerprint density at radius 3 is 2.40 bits per heavy atom. The van der Waals surface area contributed by atoms with Crippen molar-refractivity contribution < 1.29 is 9.50 Å². The quantitative estimate of drug-likeness (QED) is 0.783. The Labute approximate surface area is 90.1 Å². The van der Waals surface area contributed by atoms with Gasteiger partial charge in [0, 0.05) is 6.04 Å². The lowest BCUT2D eigenvalue weighted by atomic mass is 10.1. The second-order valence-corrected chi connectivity index (χ2v) is 3.87. The van der Waals surface area contributed by atoms with Gasteiger partial charge in [-0.05, 0) is 44.5 Å². The summed E-state index contributed by atoms with van der Waals surface area (Å²) in [5.41, 5.74) is 1.06. The van der Waals surface area contributed by atoms with E-state index < -0.39 is 0 Å². The van der Waals surface area contributed by atoms with Crippen molar-refractivity contribution in [2.24, 2.45) is 0 Å². The average Bonchev–Trinajstić information content (AvgIpc) is 2.18. The molecule has 84 valence electrons. The number of aliphatic hydroxyl groups excluding tert-OH is 1. The van der Waals surface area contributed by atoms with E-state index in [9.17, 15) is 4.39 Å². The van der Waals surface area contributed by atoms with Gasteiger partial charge in [0.15, 0.2) is 0 Å². The number of hydrogen-bond acceptors (Lipinski definition) is 2. The Hall–Kier alpha value is -0.930. The smallest absolute Gasteiger partial charge is 0.123 e. The van der Waals surface area contributed by atoms with E-state index in [-0.39, 0.29) is 18.0 Å². The summed E-state index contributed by atoms with van der Waals surface area (Å²) in [7, 11) is 0. The topological polar surface area (TPSA) is 32.3 Å². The average molecular weight is 211 g/mol. The zero-order chi connectivity index (χ0) is 11.3. The molecule has 2 atom stereocenters. The summed E-state index contributed by atoms with van der Waals surface area (Å²) < 4.78 is 12.7. The first-order chi connectivity index (χ1) is 7.09. The summed E-state index contributed by atoms with van der Waals surface area (Å²) in [4.78, 5) is 0. The Balaban J connectivity index is 2.40. The molecule has 2 N–H and O–H groups in total. The molecule has 0 heterocycles. The molecule has 0 saturated carbocycles. The van der Waals surface area contributed by atoms with Crippen LogP contribution in [0.15, 0.2) is 24.3 Å². The molecule has 2 nitrogen and oxygen atoms in total. The lowest BCUT2D eigenvalue weighted by Crippen LogP contribution is -2.22. The van der Waals surface area contributed by atoms with Crippen LogP contribution in [-0.4, -0.2) is 17.8 Å². The summed E-state index contributed by atoms with van der Waals surface area (Å²) in [6.07, 6.45) is 0.448. The maximum absolute atomic E-state index is 12.7. The van der Waals surface area contributed by atoms with Gasteiger partial charge in [0.25, 0.3) is 0 Å². The zero-order valence-electron chi connectivity index (χ0n) is 9.20. The summed E-state index contributed by atoms with van der Waals surface area (Å²) in [6, 6.07) is 6.65. The van der Waals surface area contributed by atoms with Crippen LogP contribution in [0.5, 0.6) is 0 Å². The zero-order valence-corrected chi connectivity index (χ0v) is 9.20. The van der Waals surface area contributed by atoms with Crippen LogP contribution in [0.1, 0.15) is 31.9 Å². The monoisotopic (exact) mass is 211 g/mol. The lowest BCUT2D eigenvalue weighted by Gasteiger charge is -2.14. The van der Waals surface area contributed by atoms with Crippen LogP contribution < -0.4 is 5.32 Å². The fourth-order valence-corrected chi connectivity index (χ4v) is 1.38. The number of hydrogen-bond donors (Lipinski definition) is 2. The van der Waals surface area contributed by atoms with Gasteiger partial charge in [0.2, 0.25) is 0 Å². The van der Waals surface area contributed by atoms with Crippen LogP contribution in [-0.2, 0) is 0 Å². The van der Waals surface area contributed by atoms with Crippen molar-refractivity contribution in [2.75, 3.05) is 6.54 Å². The minimum atomic E-state index is -0.280. The van der Waals surface area contributed by atoms with Crippen LogP contribution in [0.3, 0.4) is 0 Å². The SMILES string of the molecule is C[C@H](NCC[C@@H](C)O)c1ccc(F)cc1. The van der Waals surface area contributed by atoms with E-state index in [0.717, 1.165) is 18.5 Å². The van der Waals surface area contributed by atoms with E-state index >= 15 is 0 Å². The molecule has 15 heavy (non-hydrogen) atoms. The third kappa shape index (κ3) is 4.40. The molecule has 0 bridgehead atoms. The molecule has 0 radical (unpaired) electrons. The Morgan fingerprint density at radius 2 is 1.87 bits per heavy atom. The van der Waals surface area contributed by atoms with Crippen LogP contribution in [0.25, 0.3) is 0 Å². The standard InChI is InChI=1S/C12H18FNO/c1-9(15)7-8-14-10(2)11-3-5-12(13)6-4-11/h3-6,9-10,14-15H,7-8H2,1-2H3/t9-,10+/m1/s1. The number of aliphatic hydroxyl groups is 1. The van der Waals surface area contributed by atoms with Crippen molar-refractivity contribution in [2.45, 2.75) is 32.4 Å². The summed E-state index contributed by atoms with van der Waals surface area (Å²) in [5, 5.41) is 12.3. The first-order valence-corrected chi connectivity index (χ1v) is 5.26. The van der Waals surface area contributed by atoms with Crippen molar-refractivity contribution in [1.29, 1.82) is 0 Å². The predicted molar refractivity (Wildman–Crippen MR) is 59.1 cm³/mol. The van der Waals surface area contributed by atoms with Gasteiger partial charge in [-0.15, -0.1) is 0 Å². The van der Waals surface area contributed by atoms with E-state index in [1.165, 1.54) is 12.1 Å². The highest BCUT2D eigenvalue weighted by molar-refractivity contribution is 5.19. The molecule has 0 fully saturated rings. The molecule has 1 rings (SSSR count). The van der Waals surface area contributed by atoms with Gasteiger partial charge in [0.1, 0.15) is 5.82 Å². The van der Waals surface area contributed by atoms with Crippen LogP contribution in [0.2, 0.25) is 0 Å². The minimum absolute atomic E-state index is 0.185. The van der Waals surface area contributed by atoms with Crippen molar-refractivity contribution in [3.8, 4) is 0 Å². The molecule has 0 amide bonds. The van der Waals surface area contributed by atoms with Crippen LogP contribution >= 0.6 is 0 Å². The highest BCUT2D eigenvalue weighted by Crippen LogP contribution is 2.12. The van der Waals surface area contributed by atoms with Crippen molar-refractivity contribution in [3.63, 3.8) is 0 Å². The molecule has 0 aliphatic rings. The van der Waals surface area contributed by atoms with Crippen molar-refractivity contribution >= 4 is 0 Å². The van der Waals surface area contributed by atoms with Gasteiger partial charge in [0.05, 0.1) is 6.10 Å². The normalized spacial score (nSPS) is 14.9. The van der Waals surface area contributed by atoms with Gasteiger partial charge in [-0.25, -0.2) is 4.39 Å². The second-order valence-electron chi connectivity index (χ2n) is 3.87. The number of rotatable bonds is 5.